The second kappa shape index (κ2) is 8.74. The van der Waals surface area contributed by atoms with E-state index < -0.39 is 12.1 Å². The number of amides is 1. The Balaban J connectivity index is 2.05. The molecule has 138 valence electrons. The van der Waals surface area contributed by atoms with Gasteiger partial charge in [0.25, 0.3) is 5.91 Å². The number of esters is 1. The highest BCUT2D eigenvalue weighted by molar-refractivity contribution is 5.95. The molecule has 0 saturated heterocycles. The van der Waals surface area contributed by atoms with Crippen LogP contribution in [0.3, 0.4) is 0 Å². The Kier molecular flexibility index (Phi) is 6.67. The van der Waals surface area contributed by atoms with Crippen molar-refractivity contribution in [3.63, 3.8) is 0 Å². The summed E-state index contributed by atoms with van der Waals surface area (Å²) in [6, 6.07) is 5.19. The van der Waals surface area contributed by atoms with Gasteiger partial charge in [-0.3, -0.25) is 4.79 Å². The molecule has 0 heterocycles. The van der Waals surface area contributed by atoms with Gasteiger partial charge in [-0.25, -0.2) is 4.79 Å². The summed E-state index contributed by atoms with van der Waals surface area (Å²) in [7, 11) is 4.74. The molecule has 1 aromatic carbocycles. The van der Waals surface area contributed by atoms with Crippen LogP contribution in [0.2, 0.25) is 0 Å². The van der Waals surface area contributed by atoms with Crippen LogP contribution >= 0.6 is 0 Å². The molecule has 6 heteroatoms. The maximum absolute atomic E-state index is 12.6. The Bertz CT molecular complexity index is 610. The minimum Gasteiger partial charge on any atom is -0.493 e. The second-order valence-corrected chi connectivity index (χ2v) is 6.33. The number of methoxy groups -OCH3 is 2. The minimum atomic E-state index is -0.852. The predicted octanol–water partition coefficient (Wildman–Crippen LogP) is 3.04. The fourth-order valence-electron chi connectivity index (χ4n) is 3.26. The number of para-hydroxylation sites is 1. The van der Waals surface area contributed by atoms with Crippen molar-refractivity contribution in [2.75, 3.05) is 21.3 Å². The van der Waals surface area contributed by atoms with Crippen molar-refractivity contribution in [3.8, 4) is 11.5 Å². The van der Waals surface area contributed by atoms with E-state index in [2.05, 4.69) is 0 Å². The zero-order chi connectivity index (χ0) is 18.4. The highest BCUT2D eigenvalue weighted by Crippen LogP contribution is 2.31. The molecular formula is C19H27NO5. The molecule has 0 spiro atoms. The molecule has 1 amide bonds. The molecule has 0 unspecified atom stereocenters. The van der Waals surface area contributed by atoms with E-state index in [1.807, 2.05) is 0 Å². The van der Waals surface area contributed by atoms with Crippen LogP contribution in [-0.4, -0.2) is 50.2 Å². The third-order valence-corrected chi connectivity index (χ3v) is 4.72. The standard InChI is InChI=1S/C19H27NO5/c1-13(18(21)20(2)14-9-6-5-7-10-14)25-19(22)15-11-8-12-16(23-3)17(15)24-4/h8,11-14H,5-7,9-10H2,1-4H3/t13-/m1/s1. The van der Waals surface area contributed by atoms with Gasteiger partial charge in [0.2, 0.25) is 0 Å². The van der Waals surface area contributed by atoms with E-state index in [9.17, 15) is 9.59 Å². The number of likely N-dealkylation sites (N-methyl/N-ethyl adjacent to an activating group) is 1. The molecule has 0 N–H and O–H groups in total. The van der Waals surface area contributed by atoms with E-state index in [4.69, 9.17) is 14.2 Å². The zero-order valence-electron chi connectivity index (χ0n) is 15.4. The lowest BCUT2D eigenvalue weighted by Crippen LogP contribution is -2.44. The van der Waals surface area contributed by atoms with Crippen molar-refractivity contribution in [2.45, 2.75) is 51.2 Å². The van der Waals surface area contributed by atoms with E-state index in [1.54, 1.807) is 37.1 Å². The first-order valence-corrected chi connectivity index (χ1v) is 8.68. The van der Waals surface area contributed by atoms with Crippen LogP contribution in [-0.2, 0) is 9.53 Å². The smallest absolute Gasteiger partial charge is 0.342 e. The lowest BCUT2D eigenvalue weighted by Gasteiger charge is -2.32. The number of benzene rings is 1. The molecule has 0 radical (unpaired) electrons. The van der Waals surface area contributed by atoms with Crippen molar-refractivity contribution >= 4 is 11.9 Å². The van der Waals surface area contributed by atoms with Crippen LogP contribution in [0.25, 0.3) is 0 Å². The maximum Gasteiger partial charge on any atom is 0.342 e. The molecule has 2 rings (SSSR count). The average molecular weight is 349 g/mol. The lowest BCUT2D eigenvalue weighted by molar-refractivity contribution is -0.141. The highest BCUT2D eigenvalue weighted by Gasteiger charge is 2.29. The fourth-order valence-corrected chi connectivity index (χ4v) is 3.26. The van der Waals surface area contributed by atoms with Gasteiger partial charge in [-0.1, -0.05) is 25.3 Å². The molecule has 25 heavy (non-hydrogen) atoms. The van der Waals surface area contributed by atoms with Crippen LogP contribution in [0.1, 0.15) is 49.4 Å². The van der Waals surface area contributed by atoms with Gasteiger partial charge in [0.1, 0.15) is 5.56 Å². The van der Waals surface area contributed by atoms with Crippen molar-refractivity contribution < 1.29 is 23.8 Å². The molecular weight excluding hydrogens is 322 g/mol. The van der Waals surface area contributed by atoms with Gasteiger partial charge in [0.15, 0.2) is 17.6 Å². The molecule has 1 aliphatic rings. The van der Waals surface area contributed by atoms with Crippen LogP contribution < -0.4 is 9.47 Å². The molecule has 1 aliphatic carbocycles. The summed E-state index contributed by atoms with van der Waals surface area (Å²) < 4.78 is 15.8. The fraction of sp³-hybridized carbons (Fsp3) is 0.579. The molecule has 6 nitrogen and oxygen atoms in total. The van der Waals surface area contributed by atoms with Crippen molar-refractivity contribution in [1.29, 1.82) is 0 Å². The average Bonchev–Trinajstić information content (AvgIpc) is 2.66. The first-order chi connectivity index (χ1) is 12.0. The molecule has 0 aliphatic heterocycles. The summed E-state index contributed by atoms with van der Waals surface area (Å²) >= 11 is 0. The van der Waals surface area contributed by atoms with Crippen LogP contribution in [0.5, 0.6) is 11.5 Å². The summed E-state index contributed by atoms with van der Waals surface area (Å²) in [4.78, 5) is 26.8. The summed E-state index contributed by atoms with van der Waals surface area (Å²) in [5.41, 5.74) is 0.238. The van der Waals surface area contributed by atoms with Gasteiger partial charge < -0.3 is 19.1 Å². The summed E-state index contributed by atoms with van der Waals surface area (Å²) in [6.07, 6.45) is 4.66. The number of carbonyl (C=O) groups is 2. The topological polar surface area (TPSA) is 65.1 Å². The Hall–Kier alpha value is -2.24. The van der Waals surface area contributed by atoms with Crippen molar-refractivity contribution in [1.82, 2.24) is 4.90 Å². The number of hydrogen-bond acceptors (Lipinski definition) is 5. The normalized spacial score (nSPS) is 16.0. The monoisotopic (exact) mass is 349 g/mol. The van der Waals surface area contributed by atoms with Crippen LogP contribution in [0.4, 0.5) is 0 Å². The highest BCUT2D eigenvalue weighted by atomic mass is 16.6. The lowest BCUT2D eigenvalue weighted by atomic mass is 9.94. The van der Waals surface area contributed by atoms with Crippen LogP contribution in [0, 0.1) is 0 Å². The molecule has 1 saturated carbocycles. The Morgan fingerprint density at radius 1 is 1.12 bits per heavy atom. The first-order valence-electron chi connectivity index (χ1n) is 8.68. The van der Waals surface area contributed by atoms with Crippen molar-refractivity contribution in [2.24, 2.45) is 0 Å². The summed E-state index contributed by atoms with van der Waals surface area (Å²) in [6.45, 7) is 1.60. The van der Waals surface area contributed by atoms with Gasteiger partial charge in [0, 0.05) is 13.1 Å². The third kappa shape index (κ3) is 4.44. The Morgan fingerprint density at radius 3 is 2.40 bits per heavy atom. The number of carbonyl (C=O) groups excluding carboxylic acids is 2. The molecule has 1 fully saturated rings. The molecule has 1 aromatic rings. The molecule has 0 aromatic heterocycles. The summed E-state index contributed by atoms with van der Waals surface area (Å²) in [5.74, 6) is -0.0405. The van der Waals surface area contributed by atoms with Crippen molar-refractivity contribution in [3.05, 3.63) is 23.8 Å². The number of rotatable bonds is 6. The Labute approximate surface area is 149 Å². The third-order valence-electron chi connectivity index (χ3n) is 4.72. The van der Waals surface area contributed by atoms with Gasteiger partial charge in [-0.2, -0.15) is 0 Å². The van der Waals surface area contributed by atoms with Gasteiger partial charge in [-0.05, 0) is 31.9 Å². The molecule has 0 bridgehead atoms. The van der Waals surface area contributed by atoms with E-state index in [1.165, 1.54) is 20.6 Å². The Morgan fingerprint density at radius 2 is 1.80 bits per heavy atom. The van der Waals surface area contributed by atoms with E-state index in [0.29, 0.717) is 11.5 Å². The summed E-state index contributed by atoms with van der Waals surface area (Å²) in [5, 5.41) is 0. The predicted molar refractivity (Wildman–Crippen MR) is 94.1 cm³/mol. The van der Waals surface area contributed by atoms with Gasteiger partial charge >= 0.3 is 5.97 Å². The SMILES string of the molecule is COc1cccc(C(=O)O[C@H](C)C(=O)N(C)C2CCCCC2)c1OC. The maximum atomic E-state index is 12.6. The number of nitrogens with zero attached hydrogens (tertiary/aromatic N) is 1. The molecule has 1 atom stereocenters. The zero-order valence-corrected chi connectivity index (χ0v) is 15.4. The van der Waals surface area contributed by atoms with Gasteiger partial charge in [-0.15, -0.1) is 0 Å². The van der Waals surface area contributed by atoms with E-state index >= 15 is 0 Å². The van der Waals surface area contributed by atoms with E-state index in [-0.39, 0.29) is 17.5 Å². The minimum absolute atomic E-state index is 0.179. The largest absolute Gasteiger partial charge is 0.493 e. The van der Waals surface area contributed by atoms with Crippen LogP contribution in [0.15, 0.2) is 18.2 Å². The van der Waals surface area contributed by atoms with Gasteiger partial charge in [0.05, 0.1) is 14.2 Å². The quantitative estimate of drug-likeness (QED) is 0.739. The van der Waals surface area contributed by atoms with E-state index in [0.717, 1.165) is 25.7 Å². The number of hydrogen-bond donors (Lipinski definition) is 0. The second-order valence-electron chi connectivity index (χ2n) is 6.33. The number of ether oxygens (including phenoxy) is 3. The first kappa shape index (κ1) is 19.1.